The van der Waals surface area contributed by atoms with E-state index in [-0.39, 0.29) is 18.1 Å². The third-order valence-electron chi connectivity index (χ3n) is 3.80. The zero-order chi connectivity index (χ0) is 14.7. The van der Waals surface area contributed by atoms with Gasteiger partial charge in [0.05, 0.1) is 6.42 Å². The van der Waals surface area contributed by atoms with Crippen molar-refractivity contribution in [1.82, 2.24) is 4.90 Å². The molecule has 1 amide bonds. The van der Waals surface area contributed by atoms with Crippen LogP contribution in [0.5, 0.6) is 0 Å². The van der Waals surface area contributed by atoms with E-state index in [0.29, 0.717) is 18.2 Å². The fraction of sp³-hybridized carbons (Fsp3) is 0.278. The molecule has 2 nitrogen and oxygen atoms in total. The summed E-state index contributed by atoms with van der Waals surface area (Å²) >= 11 is 0. The molecule has 2 aromatic carbocycles. The lowest BCUT2D eigenvalue weighted by Gasteiger charge is -2.23. The normalized spacial score (nSPS) is 14.0. The summed E-state index contributed by atoms with van der Waals surface area (Å²) in [6, 6.07) is 16.8. The van der Waals surface area contributed by atoms with Crippen molar-refractivity contribution in [2.24, 2.45) is 0 Å². The SMILES string of the molecule is O=C(Cc1ccccc1F)N(Cc1ccccc1)C1CC1. The molecule has 0 spiro atoms. The highest BCUT2D eigenvalue weighted by atomic mass is 19.1. The van der Waals surface area contributed by atoms with Gasteiger partial charge < -0.3 is 4.90 Å². The Morgan fingerprint density at radius 3 is 2.38 bits per heavy atom. The second-order valence-electron chi connectivity index (χ2n) is 5.51. The number of rotatable bonds is 5. The Balaban J connectivity index is 1.72. The van der Waals surface area contributed by atoms with E-state index in [1.165, 1.54) is 6.07 Å². The lowest BCUT2D eigenvalue weighted by molar-refractivity contribution is -0.131. The third-order valence-corrected chi connectivity index (χ3v) is 3.80. The lowest BCUT2D eigenvalue weighted by atomic mass is 10.1. The van der Waals surface area contributed by atoms with Gasteiger partial charge in [-0.15, -0.1) is 0 Å². The van der Waals surface area contributed by atoms with Crippen LogP contribution < -0.4 is 0 Å². The van der Waals surface area contributed by atoms with Gasteiger partial charge in [0.25, 0.3) is 0 Å². The van der Waals surface area contributed by atoms with Crippen LogP contribution >= 0.6 is 0 Å². The van der Waals surface area contributed by atoms with Crippen molar-refractivity contribution in [2.45, 2.75) is 31.8 Å². The average Bonchev–Trinajstić information content (AvgIpc) is 3.33. The number of benzene rings is 2. The second kappa shape index (κ2) is 6.08. The van der Waals surface area contributed by atoms with E-state index in [9.17, 15) is 9.18 Å². The second-order valence-corrected chi connectivity index (χ2v) is 5.51. The molecule has 0 heterocycles. The first-order valence-corrected chi connectivity index (χ1v) is 7.31. The summed E-state index contributed by atoms with van der Waals surface area (Å²) in [5.41, 5.74) is 1.59. The maximum atomic E-state index is 13.7. The van der Waals surface area contributed by atoms with Crippen LogP contribution in [0.4, 0.5) is 4.39 Å². The molecule has 0 N–H and O–H groups in total. The summed E-state index contributed by atoms with van der Waals surface area (Å²) in [5, 5.41) is 0. The number of carbonyl (C=O) groups is 1. The number of amides is 1. The molecule has 108 valence electrons. The van der Waals surface area contributed by atoms with Crippen LogP contribution in [-0.2, 0) is 17.8 Å². The zero-order valence-corrected chi connectivity index (χ0v) is 11.8. The Kier molecular flexibility index (Phi) is 4.00. The van der Waals surface area contributed by atoms with Crippen LogP contribution in [0.15, 0.2) is 54.6 Å². The van der Waals surface area contributed by atoms with Gasteiger partial charge in [-0.25, -0.2) is 4.39 Å². The molecule has 0 aromatic heterocycles. The van der Waals surface area contributed by atoms with Crippen LogP contribution in [0.25, 0.3) is 0 Å². The van der Waals surface area contributed by atoms with Crippen LogP contribution in [0.2, 0.25) is 0 Å². The van der Waals surface area contributed by atoms with Crippen molar-refractivity contribution in [3.05, 3.63) is 71.5 Å². The van der Waals surface area contributed by atoms with Crippen molar-refractivity contribution < 1.29 is 9.18 Å². The summed E-state index contributed by atoms with van der Waals surface area (Å²) < 4.78 is 13.7. The highest BCUT2D eigenvalue weighted by molar-refractivity contribution is 5.79. The lowest BCUT2D eigenvalue weighted by Crippen LogP contribution is -2.34. The van der Waals surface area contributed by atoms with Crippen molar-refractivity contribution >= 4 is 5.91 Å². The summed E-state index contributed by atoms with van der Waals surface area (Å²) in [7, 11) is 0. The predicted molar refractivity (Wildman–Crippen MR) is 80.1 cm³/mol. The molecule has 1 aliphatic rings. The van der Waals surface area contributed by atoms with Crippen molar-refractivity contribution in [3.63, 3.8) is 0 Å². The predicted octanol–water partition coefficient (Wildman–Crippen LogP) is 3.56. The van der Waals surface area contributed by atoms with Crippen LogP contribution in [-0.4, -0.2) is 16.8 Å². The van der Waals surface area contributed by atoms with E-state index in [1.807, 2.05) is 35.2 Å². The minimum atomic E-state index is -0.304. The molecule has 3 rings (SSSR count). The van der Waals surface area contributed by atoms with Crippen molar-refractivity contribution in [2.75, 3.05) is 0 Å². The summed E-state index contributed by atoms with van der Waals surface area (Å²) in [6.45, 7) is 0.610. The molecule has 1 saturated carbocycles. The Hall–Kier alpha value is -2.16. The van der Waals surface area contributed by atoms with Crippen LogP contribution in [0, 0.1) is 5.82 Å². The summed E-state index contributed by atoms with van der Waals surface area (Å²) in [4.78, 5) is 14.4. The quantitative estimate of drug-likeness (QED) is 0.821. The van der Waals surface area contributed by atoms with Crippen LogP contribution in [0.1, 0.15) is 24.0 Å². The first-order valence-electron chi connectivity index (χ1n) is 7.31. The minimum Gasteiger partial charge on any atom is -0.335 e. The van der Waals surface area contributed by atoms with Gasteiger partial charge in [0.1, 0.15) is 5.82 Å². The number of hydrogen-bond donors (Lipinski definition) is 0. The van der Waals surface area contributed by atoms with Gasteiger partial charge in [0.15, 0.2) is 0 Å². The van der Waals surface area contributed by atoms with E-state index in [2.05, 4.69) is 0 Å². The van der Waals surface area contributed by atoms with Crippen LogP contribution in [0.3, 0.4) is 0 Å². The first-order chi connectivity index (χ1) is 10.2. The molecule has 0 saturated heterocycles. The van der Waals surface area contributed by atoms with Gasteiger partial charge in [-0.2, -0.15) is 0 Å². The molecule has 0 radical (unpaired) electrons. The largest absolute Gasteiger partial charge is 0.335 e. The van der Waals surface area contributed by atoms with Gasteiger partial charge in [-0.05, 0) is 30.0 Å². The van der Waals surface area contributed by atoms with Gasteiger partial charge in [0, 0.05) is 12.6 Å². The summed E-state index contributed by atoms with van der Waals surface area (Å²) in [5.74, 6) is -0.298. The van der Waals surface area contributed by atoms with Crippen molar-refractivity contribution in [1.29, 1.82) is 0 Å². The topological polar surface area (TPSA) is 20.3 Å². The van der Waals surface area contributed by atoms with E-state index in [0.717, 1.165) is 18.4 Å². The van der Waals surface area contributed by atoms with Gasteiger partial charge in [0.2, 0.25) is 5.91 Å². The molecule has 2 aromatic rings. The smallest absolute Gasteiger partial charge is 0.227 e. The van der Waals surface area contributed by atoms with Crippen molar-refractivity contribution in [3.8, 4) is 0 Å². The maximum Gasteiger partial charge on any atom is 0.227 e. The molecular formula is C18H18FNO. The maximum absolute atomic E-state index is 13.7. The molecule has 0 unspecified atom stereocenters. The fourth-order valence-electron chi connectivity index (χ4n) is 2.49. The molecule has 0 bridgehead atoms. The molecule has 1 aliphatic carbocycles. The average molecular weight is 283 g/mol. The van der Waals surface area contributed by atoms with Gasteiger partial charge in [-0.3, -0.25) is 4.79 Å². The minimum absolute atomic E-state index is 0.00598. The molecule has 3 heteroatoms. The zero-order valence-electron chi connectivity index (χ0n) is 11.8. The molecule has 21 heavy (non-hydrogen) atoms. The van der Waals surface area contributed by atoms with Gasteiger partial charge >= 0.3 is 0 Å². The number of hydrogen-bond acceptors (Lipinski definition) is 1. The Morgan fingerprint density at radius 2 is 1.71 bits per heavy atom. The monoisotopic (exact) mass is 283 g/mol. The highest BCUT2D eigenvalue weighted by Gasteiger charge is 2.32. The van der Waals surface area contributed by atoms with E-state index in [4.69, 9.17) is 0 Å². The molecule has 1 fully saturated rings. The third kappa shape index (κ3) is 3.48. The first kappa shape index (κ1) is 13.8. The molecule has 0 atom stereocenters. The molecule has 0 aliphatic heterocycles. The highest BCUT2D eigenvalue weighted by Crippen LogP contribution is 2.29. The molecular weight excluding hydrogens is 265 g/mol. The Morgan fingerprint density at radius 1 is 1.05 bits per heavy atom. The number of nitrogens with zero attached hydrogens (tertiary/aromatic N) is 1. The fourth-order valence-corrected chi connectivity index (χ4v) is 2.49. The standard InChI is InChI=1S/C18H18FNO/c19-17-9-5-4-8-15(17)12-18(21)20(16-10-11-16)13-14-6-2-1-3-7-14/h1-9,16H,10-13H2. The number of carbonyl (C=O) groups excluding carboxylic acids is 1. The Bertz CT molecular complexity index is 622. The van der Waals surface area contributed by atoms with Gasteiger partial charge in [-0.1, -0.05) is 48.5 Å². The Labute approximate surface area is 124 Å². The van der Waals surface area contributed by atoms with E-state index in [1.54, 1.807) is 18.2 Å². The van der Waals surface area contributed by atoms with E-state index < -0.39 is 0 Å². The van der Waals surface area contributed by atoms with E-state index >= 15 is 0 Å². The summed E-state index contributed by atoms with van der Waals surface area (Å²) in [6.07, 6.45) is 2.24. The number of halogens is 1.